The number of hydrogen-bond acceptors (Lipinski definition) is 4. The molecule has 0 amide bonds. The van der Waals surface area contributed by atoms with E-state index in [0.717, 1.165) is 51.8 Å². The van der Waals surface area contributed by atoms with Crippen LogP contribution in [0.5, 0.6) is 0 Å². The van der Waals surface area contributed by atoms with Gasteiger partial charge in [0.2, 0.25) is 0 Å². The van der Waals surface area contributed by atoms with E-state index in [1.807, 2.05) is 6.08 Å². The fourth-order valence-electron chi connectivity index (χ4n) is 3.12. The van der Waals surface area contributed by atoms with Gasteiger partial charge in [-0.15, -0.1) is 6.58 Å². The van der Waals surface area contributed by atoms with Gasteiger partial charge in [-0.2, -0.15) is 13.1 Å². The summed E-state index contributed by atoms with van der Waals surface area (Å²) in [7, 11) is -1.94. The molecule has 0 bridgehead atoms. The first-order valence-electron chi connectivity index (χ1n) is 9.04. The van der Waals surface area contributed by atoms with Gasteiger partial charge in [0.15, 0.2) is 0 Å². The number of hydrogen-bond donors (Lipinski definition) is 2. The fourth-order valence-corrected chi connectivity index (χ4v) is 3.57. The Balaban J connectivity index is 1.95. The standard InChI is InChI=1S/C17H34N2O4S/c1-3-12-19(2)13-6-4-5-7-14-23-17-10-8-16(9-11-17)15-18-24(20,21)22/h3,16-18H,1,4-15H2,2H3,(H,20,21,22). The van der Waals surface area contributed by atoms with E-state index < -0.39 is 10.3 Å². The summed E-state index contributed by atoms with van der Waals surface area (Å²) in [6.07, 6.45) is 10.9. The van der Waals surface area contributed by atoms with Crippen LogP contribution < -0.4 is 4.72 Å². The Labute approximate surface area is 147 Å². The van der Waals surface area contributed by atoms with Gasteiger partial charge >= 0.3 is 10.3 Å². The van der Waals surface area contributed by atoms with Crippen molar-refractivity contribution >= 4 is 10.3 Å². The molecule has 1 saturated carbocycles. The number of unbranched alkanes of at least 4 members (excludes halogenated alkanes) is 3. The highest BCUT2D eigenvalue weighted by molar-refractivity contribution is 7.83. The first-order chi connectivity index (χ1) is 11.4. The van der Waals surface area contributed by atoms with Gasteiger partial charge in [-0.3, -0.25) is 4.55 Å². The van der Waals surface area contributed by atoms with Crippen LogP contribution in [0.3, 0.4) is 0 Å². The van der Waals surface area contributed by atoms with Crippen LogP contribution in [-0.4, -0.2) is 57.3 Å². The number of nitrogens with zero attached hydrogens (tertiary/aromatic N) is 1. The zero-order chi connectivity index (χ0) is 17.8. The van der Waals surface area contributed by atoms with Crippen LogP contribution in [0, 0.1) is 5.92 Å². The molecule has 1 aliphatic rings. The van der Waals surface area contributed by atoms with E-state index in [2.05, 4.69) is 23.2 Å². The first-order valence-corrected chi connectivity index (χ1v) is 10.5. The average molecular weight is 363 g/mol. The van der Waals surface area contributed by atoms with E-state index in [1.54, 1.807) is 0 Å². The third-order valence-electron chi connectivity index (χ3n) is 4.58. The highest BCUT2D eigenvalue weighted by atomic mass is 32.2. The van der Waals surface area contributed by atoms with Crippen LogP contribution in [0.2, 0.25) is 0 Å². The minimum Gasteiger partial charge on any atom is -0.378 e. The smallest absolute Gasteiger partial charge is 0.333 e. The lowest BCUT2D eigenvalue weighted by Crippen LogP contribution is -2.32. The van der Waals surface area contributed by atoms with Crippen molar-refractivity contribution in [2.45, 2.75) is 57.5 Å². The second kappa shape index (κ2) is 12.0. The predicted molar refractivity (Wildman–Crippen MR) is 97.4 cm³/mol. The van der Waals surface area contributed by atoms with Gasteiger partial charge < -0.3 is 9.64 Å². The number of nitrogens with one attached hydrogen (secondary N) is 1. The summed E-state index contributed by atoms with van der Waals surface area (Å²) >= 11 is 0. The molecule has 0 aromatic heterocycles. The monoisotopic (exact) mass is 362 g/mol. The lowest BCUT2D eigenvalue weighted by Gasteiger charge is -2.28. The quantitative estimate of drug-likeness (QED) is 0.299. The van der Waals surface area contributed by atoms with Gasteiger partial charge in [-0.25, -0.2) is 0 Å². The molecule has 1 aliphatic carbocycles. The zero-order valence-corrected chi connectivity index (χ0v) is 15.8. The molecule has 7 heteroatoms. The molecular formula is C17H34N2O4S. The molecule has 0 spiro atoms. The molecule has 0 radical (unpaired) electrons. The summed E-state index contributed by atoms with van der Waals surface area (Å²) in [4.78, 5) is 2.28. The summed E-state index contributed by atoms with van der Waals surface area (Å²) in [5.74, 6) is 0.305. The van der Waals surface area contributed by atoms with Crippen LogP contribution in [0.1, 0.15) is 51.4 Å². The summed E-state index contributed by atoms with van der Waals surface area (Å²) in [6.45, 7) is 6.96. The maximum atomic E-state index is 10.7. The zero-order valence-electron chi connectivity index (χ0n) is 15.0. The van der Waals surface area contributed by atoms with Crippen molar-refractivity contribution in [3.8, 4) is 0 Å². The Kier molecular flexibility index (Phi) is 10.8. The molecule has 0 aromatic rings. The van der Waals surface area contributed by atoms with Crippen LogP contribution >= 0.6 is 0 Å². The third-order valence-corrected chi connectivity index (χ3v) is 5.11. The van der Waals surface area contributed by atoms with Crippen molar-refractivity contribution in [1.82, 2.24) is 9.62 Å². The number of ether oxygens (including phenoxy) is 1. The normalized spacial score (nSPS) is 22.0. The van der Waals surface area contributed by atoms with Crippen LogP contribution in [0.15, 0.2) is 12.7 Å². The minimum absolute atomic E-state index is 0.305. The summed E-state index contributed by atoms with van der Waals surface area (Å²) < 4.78 is 38.1. The van der Waals surface area contributed by atoms with Crippen LogP contribution in [-0.2, 0) is 15.0 Å². The Morgan fingerprint density at radius 1 is 1.21 bits per heavy atom. The molecule has 0 heterocycles. The minimum atomic E-state index is -4.06. The summed E-state index contributed by atoms with van der Waals surface area (Å²) in [5, 5.41) is 0. The average Bonchev–Trinajstić information content (AvgIpc) is 2.52. The third kappa shape index (κ3) is 11.1. The lowest BCUT2D eigenvalue weighted by atomic mass is 9.87. The summed E-state index contributed by atoms with van der Waals surface area (Å²) in [5.41, 5.74) is 0. The van der Waals surface area contributed by atoms with Gasteiger partial charge in [0.1, 0.15) is 0 Å². The molecule has 0 aromatic carbocycles. The fraction of sp³-hybridized carbons (Fsp3) is 0.882. The van der Waals surface area contributed by atoms with Gasteiger partial charge in [-0.1, -0.05) is 18.9 Å². The molecule has 2 N–H and O–H groups in total. The molecule has 24 heavy (non-hydrogen) atoms. The highest BCUT2D eigenvalue weighted by Crippen LogP contribution is 2.26. The molecule has 0 saturated heterocycles. The molecule has 6 nitrogen and oxygen atoms in total. The lowest BCUT2D eigenvalue weighted by molar-refractivity contribution is 0.0166. The van der Waals surface area contributed by atoms with E-state index in [9.17, 15) is 8.42 Å². The van der Waals surface area contributed by atoms with E-state index in [-0.39, 0.29) is 0 Å². The van der Waals surface area contributed by atoms with E-state index in [1.165, 1.54) is 19.3 Å². The highest BCUT2D eigenvalue weighted by Gasteiger charge is 2.22. The largest absolute Gasteiger partial charge is 0.378 e. The van der Waals surface area contributed by atoms with Gasteiger partial charge in [0.25, 0.3) is 0 Å². The van der Waals surface area contributed by atoms with Crippen molar-refractivity contribution in [2.24, 2.45) is 5.92 Å². The Bertz CT molecular complexity index is 434. The number of rotatable bonds is 13. The van der Waals surface area contributed by atoms with Crippen molar-refractivity contribution < 1.29 is 17.7 Å². The van der Waals surface area contributed by atoms with Crippen LogP contribution in [0.4, 0.5) is 0 Å². The SMILES string of the molecule is C=CCN(C)CCCCCCOC1CCC(CNS(=O)(=O)O)CC1. The molecule has 0 atom stereocenters. The van der Waals surface area contributed by atoms with Crippen LogP contribution in [0.25, 0.3) is 0 Å². The Morgan fingerprint density at radius 2 is 1.88 bits per heavy atom. The second-order valence-corrected chi connectivity index (χ2v) is 8.04. The van der Waals surface area contributed by atoms with Gasteiger partial charge in [-0.05, 0) is 58.0 Å². The predicted octanol–water partition coefficient (Wildman–Crippen LogP) is 2.63. The van der Waals surface area contributed by atoms with Crippen molar-refractivity contribution in [3.63, 3.8) is 0 Å². The second-order valence-electron chi connectivity index (χ2n) is 6.80. The maximum absolute atomic E-state index is 10.7. The van der Waals surface area contributed by atoms with Crippen molar-refractivity contribution in [3.05, 3.63) is 12.7 Å². The topological polar surface area (TPSA) is 78.9 Å². The molecule has 1 fully saturated rings. The molecule has 0 unspecified atom stereocenters. The summed E-state index contributed by atoms with van der Waals surface area (Å²) in [6, 6.07) is 0. The van der Waals surface area contributed by atoms with E-state index >= 15 is 0 Å². The number of likely N-dealkylation sites (N-methyl/N-ethyl adjacent to an activating group) is 1. The first kappa shape index (κ1) is 21.6. The Morgan fingerprint density at radius 3 is 2.50 bits per heavy atom. The Hall–Kier alpha value is -0.470. The maximum Gasteiger partial charge on any atom is 0.333 e. The van der Waals surface area contributed by atoms with Gasteiger partial charge in [0, 0.05) is 19.7 Å². The van der Waals surface area contributed by atoms with Crippen molar-refractivity contribution in [2.75, 3.05) is 33.3 Å². The molecule has 0 aliphatic heterocycles. The molecule has 142 valence electrons. The van der Waals surface area contributed by atoms with Gasteiger partial charge in [0.05, 0.1) is 6.10 Å². The van der Waals surface area contributed by atoms with Crippen molar-refractivity contribution in [1.29, 1.82) is 0 Å². The van der Waals surface area contributed by atoms with E-state index in [4.69, 9.17) is 9.29 Å². The molecular weight excluding hydrogens is 328 g/mol. The molecule has 1 rings (SSSR count). The van der Waals surface area contributed by atoms with E-state index in [0.29, 0.717) is 18.6 Å².